The van der Waals surface area contributed by atoms with E-state index in [-0.39, 0.29) is 11.6 Å². The second-order valence-electron chi connectivity index (χ2n) is 6.45. The van der Waals surface area contributed by atoms with Crippen molar-refractivity contribution in [3.05, 3.63) is 89.0 Å². The molecule has 0 N–H and O–H groups in total. The number of ketones is 2. The van der Waals surface area contributed by atoms with Crippen molar-refractivity contribution in [2.45, 2.75) is 12.3 Å². The largest absolute Gasteiger partial charge is 0.293 e. The third-order valence-corrected chi connectivity index (χ3v) is 5.20. The number of carbonyl (C=O) groups excluding carboxylic acids is 2. The fraction of sp³-hybridized carbons (Fsp3) is 0.0909. The maximum absolute atomic E-state index is 13.1. The lowest BCUT2D eigenvalue weighted by Gasteiger charge is -2.22. The quantitative estimate of drug-likeness (QED) is 0.613. The average Bonchev–Trinajstić information content (AvgIpc) is 2.87. The Bertz CT molecular complexity index is 1050. The first-order valence-corrected chi connectivity index (χ1v) is 8.44. The van der Waals surface area contributed by atoms with Crippen molar-refractivity contribution >= 4 is 39.5 Å². The highest BCUT2D eigenvalue weighted by molar-refractivity contribution is 6.42. The van der Waals surface area contributed by atoms with E-state index < -0.39 is 5.41 Å². The molecule has 0 radical (unpaired) electrons. The maximum Gasteiger partial charge on any atom is 0.181 e. The Hall–Kier alpha value is -2.71. The molecule has 1 aliphatic rings. The Balaban J connectivity index is 1.80. The summed E-state index contributed by atoms with van der Waals surface area (Å²) in [6.45, 7) is 1.71. The molecule has 0 aliphatic heterocycles. The molecule has 0 spiro atoms. The molecule has 0 aromatic heterocycles. The van der Waals surface area contributed by atoms with Crippen molar-refractivity contribution in [2.75, 3.05) is 0 Å². The van der Waals surface area contributed by atoms with Gasteiger partial charge in [-0.05, 0) is 53.1 Å². The van der Waals surface area contributed by atoms with Gasteiger partial charge in [0, 0.05) is 10.6 Å². The summed E-state index contributed by atoms with van der Waals surface area (Å²) in [7, 11) is 0. The molecular formula is C22H15ClO2. The number of benzene rings is 3. The summed E-state index contributed by atoms with van der Waals surface area (Å²) in [5, 5.41) is 2.69. The van der Waals surface area contributed by atoms with E-state index in [0.717, 1.165) is 16.3 Å². The van der Waals surface area contributed by atoms with E-state index in [2.05, 4.69) is 0 Å². The molecule has 0 fully saturated rings. The van der Waals surface area contributed by atoms with Gasteiger partial charge in [-0.3, -0.25) is 9.59 Å². The van der Waals surface area contributed by atoms with Crippen LogP contribution in [-0.2, 0) is 15.0 Å². The van der Waals surface area contributed by atoms with Crippen LogP contribution in [0, 0.1) is 0 Å². The van der Waals surface area contributed by atoms with Gasteiger partial charge < -0.3 is 0 Å². The highest BCUT2D eigenvalue weighted by atomic mass is 35.5. The summed E-state index contributed by atoms with van der Waals surface area (Å²) in [5.74, 6) is -0.354. The van der Waals surface area contributed by atoms with Gasteiger partial charge in [0.25, 0.3) is 0 Å². The number of allylic oxidation sites excluding steroid dienone is 2. The molecule has 3 heteroatoms. The van der Waals surface area contributed by atoms with Crippen LogP contribution in [0.4, 0.5) is 0 Å². The van der Waals surface area contributed by atoms with E-state index in [4.69, 9.17) is 11.6 Å². The van der Waals surface area contributed by atoms with Crippen LogP contribution in [0.25, 0.3) is 16.3 Å². The molecule has 4 rings (SSSR count). The molecule has 122 valence electrons. The van der Waals surface area contributed by atoms with Gasteiger partial charge >= 0.3 is 0 Å². The van der Waals surface area contributed by atoms with Crippen molar-refractivity contribution in [3.63, 3.8) is 0 Å². The molecule has 3 aromatic rings. The molecule has 0 saturated carbocycles. The first-order valence-electron chi connectivity index (χ1n) is 8.06. The van der Waals surface area contributed by atoms with E-state index in [0.29, 0.717) is 16.2 Å². The zero-order chi connectivity index (χ0) is 17.6. The van der Waals surface area contributed by atoms with Gasteiger partial charge in [0.2, 0.25) is 0 Å². The summed E-state index contributed by atoms with van der Waals surface area (Å²) < 4.78 is 0. The van der Waals surface area contributed by atoms with Crippen molar-refractivity contribution in [1.29, 1.82) is 0 Å². The van der Waals surface area contributed by atoms with Crippen LogP contribution in [-0.4, -0.2) is 11.6 Å². The Morgan fingerprint density at radius 3 is 2.24 bits per heavy atom. The zero-order valence-electron chi connectivity index (χ0n) is 13.6. The molecule has 3 aromatic carbocycles. The molecule has 2 nitrogen and oxygen atoms in total. The van der Waals surface area contributed by atoms with E-state index in [1.54, 1.807) is 31.2 Å². The second-order valence-corrected chi connectivity index (χ2v) is 6.88. The third kappa shape index (κ3) is 2.41. The number of fused-ring (bicyclic) bond motifs is 1. The van der Waals surface area contributed by atoms with Crippen LogP contribution >= 0.6 is 11.6 Å². The first-order chi connectivity index (χ1) is 12.0. The minimum atomic E-state index is -1.18. The summed E-state index contributed by atoms with van der Waals surface area (Å²) in [4.78, 5) is 25.9. The van der Waals surface area contributed by atoms with E-state index in [9.17, 15) is 9.59 Å². The molecule has 25 heavy (non-hydrogen) atoms. The summed E-state index contributed by atoms with van der Waals surface area (Å²) in [5.41, 5.74) is 0.699. The molecule has 0 saturated heterocycles. The Morgan fingerprint density at radius 2 is 1.52 bits per heavy atom. The van der Waals surface area contributed by atoms with Crippen LogP contribution < -0.4 is 0 Å². The van der Waals surface area contributed by atoms with Gasteiger partial charge in [0.15, 0.2) is 11.6 Å². The molecule has 0 heterocycles. The molecular weight excluding hydrogens is 332 g/mol. The number of halogens is 1. The molecule has 0 bridgehead atoms. The van der Waals surface area contributed by atoms with Crippen LogP contribution in [0.1, 0.15) is 18.1 Å². The summed E-state index contributed by atoms with van der Waals surface area (Å²) >= 11 is 5.92. The number of carbonyl (C=O) groups is 2. The maximum atomic E-state index is 13.1. The Labute approximate surface area is 150 Å². The SMILES string of the molecule is C[C@]1(c2ccc3ccccc3c2)C(=O)C=C(c2ccc(Cl)cc2)C1=O. The number of hydrogen-bond acceptors (Lipinski definition) is 2. The van der Waals surface area contributed by atoms with Crippen LogP contribution in [0.2, 0.25) is 5.02 Å². The summed E-state index contributed by atoms with van der Waals surface area (Å²) in [6, 6.07) is 20.7. The third-order valence-electron chi connectivity index (χ3n) is 4.95. The van der Waals surface area contributed by atoms with Gasteiger partial charge in [-0.1, -0.05) is 60.1 Å². The van der Waals surface area contributed by atoms with Crippen LogP contribution in [0.3, 0.4) is 0 Å². The minimum Gasteiger partial charge on any atom is -0.293 e. The zero-order valence-corrected chi connectivity index (χ0v) is 14.4. The molecule has 0 amide bonds. The van der Waals surface area contributed by atoms with E-state index in [1.807, 2.05) is 42.5 Å². The first kappa shape index (κ1) is 15.8. The lowest BCUT2D eigenvalue weighted by Crippen LogP contribution is -2.35. The van der Waals surface area contributed by atoms with Gasteiger partial charge in [0.05, 0.1) is 0 Å². The Kier molecular flexibility index (Phi) is 3.59. The van der Waals surface area contributed by atoms with Crippen molar-refractivity contribution in [1.82, 2.24) is 0 Å². The standard InChI is InChI=1S/C22H15ClO2/c1-22(17-9-6-14-4-2-3-5-16(14)12-17)20(24)13-19(21(22)25)15-7-10-18(23)11-8-15/h2-13H,1H3/t22-/m0/s1. The van der Waals surface area contributed by atoms with E-state index >= 15 is 0 Å². The fourth-order valence-electron chi connectivity index (χ4n) is 3.34. The normalized spacial score (nSPS) is 20.2. The topological polar surface area (TPSA) is 34.1 Å². The molecule has 1 aliphatic carbocycles. The lowest BCUT2D eigenvalue weighted by atomic mass is 9.76. The fourth-order valence-corrected chi connectivity index (χ4v) is 3.47. The van der Waals surface area contributed by atoms with Gasteiger partial charge in [-0.25, -0.2) is 0 Å². The number of Topliss-reactive ketones (excluding diaryl/α,β-unsaturated/α-hetero) is 1. The molecule has 1 atom stereocenters. The predicted octanol–water partition coefficient (Wildman–Crippen LogP) is 4.99. The highest BCUT2D eigenvalue weighted by Crippen LogP contribution is 2.39. The van der Waals surface area contributed by atoms with Gasteiger partial charge in [-0.15, -0.1) is 0 Å². The number of hydrogen-bond donors (Lipinski definition) is 0. The summed E-state index contributed by atoms with van der Waals surface area (Å²) in [6.07, 6.45) is 1.46. The van der Waals surface area contributed by atoms with Gasteiger partial charge in [0.1, 0.15) is 5.41 Å². The lowest BCUT2D eigenvalue weighted by molar-refractivity contribution is -0.127. The van der Waals surface area contributed by atoms with Crippen molar-refractivity contribution in [3.8, 4) is 0 Å². The van der Waals surface area contributed by atoms with E-state index in [1.165, 1.54) is 6.08 Å². The smallest absolute Gasteiger partial charge is 0.181 e. The Morgan fingerprint density at radius 1 is 0.840 bits per heavy atom. The van der Waals surface area contributed by atoms with Crippen LogP contribution in [0.5, 0.6) is 0 Å². The predicted molar refractivity (Wildman–Crippen MR) is 101 cm³/mol. The highest BCUT2D eigenvalue weighted by Gasteiger charge is 2.47. The second kappa shape index (κ2) is 5.68. The minimum absolute atomic E-state index is 0.171. The van der Waals surface area contributed by atoms with Crippen molar-refractivity contribution < 1.29 is 9.59 Å². The average molecular weight is 347 g/mol. The monoisotopic (exact) mass is 346 g/mol. The number of rotatable bonds is 2. The van der Waals surface area contributed by atoms with Crippen LogP contribution in [0.15, 0.2) is 72.8 Å². The molecule has 0 unspecified atom stereocenters. The van der Waals surface area contributed by atoms with Crippen molar-refractivity contribution in [2.24, 2.45) is 0 Å². The van der Waals surface area contributed by atoms with Gasteiger partial charge in [-0.2, -0.15) is 0 Å².